The fourth-order valence-electron chi connectivity index (χ4n) is 3.25. The van der Waals surface area contributed by atoms with Gasteiger partial charge < -0.3 is 9.64 Å². The molecule has 27 heavy (non-hydrogen) atoms. The van der Waals surface area contributed by atoms with E-state index in [9.17, 15) is 13.2 Å². The minimum atomic E-state index is -3.92. The second kappa shape index (κ2) is 8.19. The van der Waals surface area contributed by atoms with Crippen molar-refractivity contribution in [2.45, 2.75) is 23.7 Å². The van der Waals surface area contributed by atoms with Gasteiger partial charge in [0, 0.05) is 18.1 Å². The number of ether oxygens (including phenoxy) is 1. The average Bonchev–Trinajstić information content (AvgIpc) is 2.68. The molecule has 1 fully saturated rings. The number of hydrogen-bond acceptors (Lipinski definition) is 4. The zero-order valence-electron chi connectivity index (χ0n) is 14.9. The lowest BCUT2D eigenvalue weighted by molar-refractivity contribution is 0.186. The summed E-state index contributed by atoms with van der Waals surface area (Å²) in [6.07, 6.45) is 1.49. The Kier molecular flexibility index (Phi) is 5.92. The molecule has 6 nitrogen and oxygen atoms in total. The number of nitrogens with one attached hydrogen (secondary N) is 1. The minimum Gasteiger partial charge on any atom is -0.496 e. The maximum atomic E-state index is 12.4. The van der Waals surface area contributed by atoms with Crippen LogP contribution in [-0.2, 0) is 10.0 Å². The van der Waals surface area contributed by atoms with Crippen LogP contribution < -0.4 is 9.46 Å². The van der Waals surface area contributed by atoms with Gasteiger partial charge in [0.25, 0.3) is 10.0 Å². The van der Waals surface area contributed by atoms with E-state index >= 15 is 0 Å². The van der Waals surface area contributed by atoms with Crippen LogP contribution in [0.1, 0.15) is 24.3 Å². The smallest absolute Gasteiger partial charge is 0.331 e. The van der Waals surface area contributed by atoms with Gasteiger partial charge in [-0.25, -0.2) is 17.9 Å². The maximum Gasteiger partial charge on any atom is 0.331 e. The first-order valence-corrected chi connectivity index (χ1v) is 10.5. The van der Waals surface area contributed by atoms with Gasteiger partial charge in [0.05, 0.1) is 12.0 Å². The lowest BCUT2D eigenvalue weighted by Gasteiger charge is -2.32. The van der Waals surface area contributed by atoms with E-state index in [1.165, 1.54) is 29.2 Å². The van der Waals surface area contributed by atoms with Gasteiger partial charge in [-0.1, -0.05) is 29.8 Å². The minimum absolute atomic E-state index is 0.00385. The Balaban J connectivity index is 1.62. The summed E-state index contributed by atoms with van der Waals surface area (Å²) in [4.78, 5) is 13.9. The van der Waals surface area contributed by atoms with Crippen molar-refractivity contribution in [3.8, 4) is 5.75 Å². The van der Waals surface area contributed by atoms with E-state index in [0.717, 1.165) is 24.2 Å². The van der Waals surface area contributed by atoms with E-state index in [-0.39, 0.29) is 10.8 Å². The summed E-state index contributed by atoms with van der Waals surface area (Å²) >= 11 is 5.78. The van der Waals surface area contributed by atoms with E-state index in [4.69, 9.17) is 16.3 Å². The average molecular weight is 409 g/mol. The third-order valence-electron chi connectivity index (χ3n) is 4.71. The van der Waals surface area contributed by atoms with Crippen LogP contribution in [-0.4, -0.2) is 39.5 Å². The molecule has 0 aromatic heterocycles. The van der Waals surface area contributed by atoms with Gasteiger partial charge >= 0.3 is 6.03 Å². The van der Waals surface area contributed by atoms with E-state index in [1.54, 1.807) is 7.11 Å². The highest BCUT2D eigenvalue weighted by molar-refractivity contribution is 7.90. The predicted octanol–water partition coefficient (Wildman–Crippen LogP) is 3.63. The van der Waals surface area contributed by atoms with Gasteiger partial charge in [0.15, 0.2) is 0 Å². The lowest BCUT2D eigenvalue weighted by atomic mass is 9.89. The standard InChI is InChI=1S/C19H21ClN2O4S/c1-26-18-5-3-2-4-17(18)14-10-12-22(13-11-14)19(23)21-27(24,25)16-8-6-15(20)7-9-16/h2-9,14H,10-13H2,1H3,(H,21,23). The fraction of sp³-hybridized carbons (Fsp3) is 0.316. The number of benzene rings is 2. The molecule has 2 amide bonds. The van der Waals surface area contributed by atoms with Gasteiger partial charge in [-0.15, -0.1) is 0 Å². The third kappa shape index (κ3) is 4.54. The van der Waals surface area contributed by atoms with Gasteiger partial charge in [0.1, 0.15) is 5.75 Å². The predicted molar refractivity (Wildman–Crippen MR) is 104 cm³/mol. The number of carbonyl (C=O) groups excluding carboxylic acids is 1. The number of halogens is 1. The van der Waals surface area contributed by atoms with Crippen LogP contribution in [0.2, 0.25) is 5.02 Å². The largest absolute Gasteiger partial charge is 0.496 e. The Bertz CT molecular complexity index is 908. The van der Waals surface area contributed by atoms with Gasteiger partial charge in [-0.3, -0.25) is 0 Å². The maximum absolute atomic E-state index is 12.4. The number of likely N-dealkylation sites (tertiary alicyclic amines) is 1. The molecule has 0 bridgehead atoms. The van der Waals surface area contributed by atoms with Crippen molar-refractivity contribution in [2.75, 3.05) is 20.2 Å². The Morgan fingerprint density at radius 1 is 1.11 bits per heavy atom. The summed E-state index contributed by atoms with van der Waals surface area (Å²) in [6.45, 7) is 0.954. The van der Waals surface area contributed by atoms with Crippen LogP contribution >= 0.6 is 11.6 Å². The van der Waals surface area contributed by atoms with Crippen LogP contribution in [0.5, 0.6) is 5.75 Å². The molecule has 1 N–H and O–H groups in total. The van der Waals surface area contributed by atoms with Gasteiger partial charge in [-0.05, 0) is 54.7 Å². The molecule has 1 saturated heterocycles. The summed E-state index contributed by atoms with van der Waals surface area (Å²) in [6, 6.07) is 12.9. The lowest BCUT2D eigenvalue weighted by Crippen LogP contribution is -2.46. The third-order valence-corrected chi connectivity index (χ3v) is 6.29. The normalized spacial score (nSPS) is 15.4. The molecule has 0 spiro atoms. The number of rotatable bonds is 4. The Labute approximate surface area is 164 Å². The van der Waals surface area contributed by atoms with Crippen molar-refractivity contribution in [1.82, 2.24) is 9.62 Å². The Morgan fingerprint density at radius 3 is 2.37 bits per heavy atom. The highest BCUT2D eigenvalue weighted by Gasteiger charge is 2.28. The van der Waals surface area contributed by atoms with Crippen LogP contribution in [0.3, 0.4) is 0 Å². The fourth-order valence-corrected chi connectivity index (χ4v) is 4.35. The Hall–Kier alpha value is -2.25. The zero-order chi connectivity index (χ0) is 19.4. The van der Waals surface area contributed by atoms with Crippen molar-refractivity contribution in [3.63, 3.8) is 0 Å². The second-order valence-electron chi connectivity index (χ2n) is 6.37. The molecular weight excluding hydrogens is 388 g/mol. The van der Waals surface area contributed by atoms with Gasteiger partial charge in [-0.2, -0.15) is 0 Å². The van der Waals surface area contributed by atoms with E-state index in [2.05, 4.69) is 4.72 Å². The second-order valence-corrected chi connectivity index (χ2v) is 8.49. The number of carbonyl (C=O) groups is 1. The number of piperidine rings is 1. The van der Waals surface area contributed by atoms with Crippen LogP contribution in [0.15, 0.2) is 53.4 Å². The highest BCUT2D eigenvalue weighted by Crippen LogP contribution is 2.34. The van der Waals surface area contributed by atoms with Crippen LogP contribution in [0.25, 0.3) is 0 Å². The van der Waals surface area contributed by atoms with Crippen LogP contribution in [0.4, 0.5) is 4.79 Å². The first-order valence-electron chi connectivity index (χ1n) is 8.61. The number of methoxy groups -OCH3 is 1. The topological polar surface area (TPSA) is 75.7 Å². The van der Waals surface area contributed by atoms with Gasteiger partial charge in [0.2, 0.25) is 0 Å². The van der Waals surface area contributed by atoms with Crippen molar-refractivity contribution in [3.05, 3.63) is 59.1 Å². The molecule has 8 heteroatoms. The molecule has 144 valence electrons. The molecule has 0 unspecified atom stereocenters. The monoisotopic (exact) mass is 408 g/mol. The number of para-hydroxylation sites is 1. The number of urea groups is 1. The molecule has 2 aromatic rings. The number of hydrogen-bond donors (Lipinski definition) is 1. The first-order chi connectivity index (χ1) is 12.9. The number of amides is 2. The van der Waals surface area contributed by atoms with Crippen molar-refractivity contribution in [1.29, 1.82) is 0 Å². The quantitative estimate of drug-likeness (QED) is 0.838. The number of sulfonamides is 1. The van der Waals surface area contributed by atoms with E-state index in [0.29, 0.717) is 18.1 Å². The Morgan fingerprint density at radius 2 is 1.74 bits per heavy atom. The van der Waals surface area contributed by atoms with Crippen molar-refractivity contribution in [2.24, 2.45) is 0 Å². The molecule has 1 aliphatic rings. The summed E-state index contributed by atoms with van der Waals surface area (Å²) in [7, 11) is -2.28. The molecule has 0 radical (unpaired) electrons. The van der Waals surface area contributed by atoms with Crippen molar-refractivity contribution < 1.29 is 17.9 Å². The molecule has 2 aromatic carbocycles. The summed E-state index contributed by atoms with van der Waals surface area (Å²) in [5.74, 6) is 1.11. The highest BCUT2D eigenvalue weighted by atomic mass is 35.5. The molecule has 3 rings (SSSR count). The molecule has 1 aliphatic heterocycles. The first kappa shape index (κ1) is 19.5. The molecular formula is C19H21ClN2O4S. The van der Waals surface area contributed by atoms with E-state index < -0.39 is 16.1 Å². The van der Waals surface area contributed by atoms with Crippen molar-refractivity contribution >= 4 is 27.7 Å². The molecule has 0 aliphatic carbocycles. The van der Waals surface area contributed by atoms with E-state index in [1.807, 2.05) is 24.3 Å². The summed E-state index contributed by atoms with van der Waals surface area (Å²) < 4.78 is 32.2. The SMILES string of the molecule is COc1ccccc1C1CCN(C(=O)NS(=O)(=O)c2ccc(Cl)cc2)CC1. The molecule has 0 saturated carbocycles. The zero-order valence-corrected chi connectivity index (χ0v) is 16.5. The molecule has 0 atom stereocenters. The molecule has 1 heterocycles. The number of nitrogens with zero attached hydrogens (tertiary/aromatic N) is 1. The summed E-state index contributed by atoms with van der Waals surface area (Å²) in [5, 5.41) is 0.429. The van der Waals surface area contributed by atoms with Crippen LogP contribution in [0, 0.1) is 0 Å². The summed E-state index contributed by atoms with van der Waals surface area (Å²) in [5.41, 5.74) is 1.12.